The second-order valence-electron chi connectivity index (χ2n) is 15.5. The lowest BCUT2D eigenvalue weighted by molar-refractivity contribution is -0.141. The molecule has 2 aromatic rings. The van der Waals surface area contributed by atoms with Crippen molar-refractivity contribution in [3.63, 3.8) is 0 Å². The SMILES string of the molecule is C=C[C@@H]1C[C@@]12NC(=O)[C@@H]1C[C@@H](OC(=O)N3Cc4cccc(F)c4C3)CN1C(=O)[C@@H](NC(=O)O[C@@H]1CCOC1)CCCCCCCNc1ccccc1S(=O)(=O)NC2=O. The summed E-state index contributed by atoms with van der Waals surface area (Å²) in [5.41, 5.74) is -0.386. The first kappa shape index (κ1) is 40.9. The van der Waals surface area contributed by atoms with E-state index in [1.807, 2.05) is 0 Å². The molecule has 16 nitrogen and oxygen atoms in total. The Morgan fingerprint density at radius 2 is 1.78 bits per heavy atom. The molecule has 0 bridgehead atoms. The molecule has 4 N–H and O–H groups in total. The van der Waals surface area contributed by atoms with Crippen molar-refractivity contribution >= 4 is 45.6 Å². The molecule has 7 rings (SSSR count). The van der Waals surface area contributed by atoms with Gasteiger partial charge in [0.05, 0.1) is 32.0 Å². The van der Waals surface area contributed by atoms with Crippen molar-refractivity contribution in [3.8, 4) is 0 Å². The highest BCUT2D eigenvalue weighted by Crippen LogP contribution is 2.45. The van der Waals surface area contributed by atoms with Crippen LogP contribution in [0.2, 0.25) is 0 Å². The number of carbonyl (C=O) groups is 5. The van der Waals surface area contributed by atoms with Crippen LogP contribution < -0.4 is 20.7 Å². The van der Waals surface area contributed by atoms with Gasteiger partial charge in [0.2, 0.25) is 11.8 Å². The lowest BCUT2D eigenvalue weighted by Crippen LogP contribution is -2.58. The smallest absolute Gasteiger partial charge is 0.410 e. The average Bonchev–Trinajstić information content (AvgIpc) is 3.59. The van der Waals surface area contributed by atoms with Gasteiger partial charge in [-0.05, 0) is 43.0 Å². The Bertz CT molecular complexity index is 2050. The number of para-hydroxylation sites is 1. The molecule has 0 unspecified atom stereocenters. The number of rotatable bonds is 4. The van der Waals surface area contributed by atoms with E-state index in [2.05, 4.69) is 27.3 Å². The molecule has 2 saturated heterocycles. The van der Waals surface area contributed by atoms with E-state index in [1.165, 1.54) is 28.0 Å². The first-order chi connectivity index (χ1) is 27.9. The first-order valence-corrected chi connectivity index (χ1v) is 21.3. The van der Waals surface area contributed by atoms with Crippen molar-refractivity contribution < 1.29 is 51.0 Å². The zero-order valence-electron chi connectivity index (χ0n) is 32.1. The molecule has 4 aliphatic heterocycles. The van der Waals surface area contributed by atoms with Crippen LogP contribution in [0.4, 0.5) is 19.7 Å². The zero-order valence-corrected chi connectivity index (χ0v) is 32.9. The third-order valence-electron chi connectivity index (χ3n) is 11.5. The summed E-state index contributed by atoms with van der Waals surface area (Å²) in [7, 11) is -4.42. The lowest BCUT2D eigenvalue weighted by atomic mass is 10.0. The minimum atomic E-state index is -4.42. The van der Waals surface area contributed by atoms with Gasteiger partial charge in [-0.25, -0.2) is 27.1 Å². The molecule has 58 heavy (non-hydrogen) atoms. The minimum absolute atomic E-state index is 0.0235. The predicted molar refractivity (Wildman–Crippen MR) is 206 cm³/mol. The highest BCUT2D eigenvalue weighted by molar-refractivity contribution is 7.90. The topological polar surface area (TPSA) is 202 Å². The Labute approximate surface area is 336 Å². The fourth-order valence-electron chi connectivity index (χ4n) is 8.17. The molecule has 6 atom stereocenters. The number of amides is 5. The van der Waals surface area contributed by atoms with Crippen LogP contribution >= 0.6 is 0 Å². The summed E-state index contributed by atoms with van der Waals surface area (Å²) in [5.74, 6) is -3.48. The summed E-state index contributed by atoms with van der Waals surface area (Å²) >= 11 is 0. The molecule has 5 amide bonds. The second-order valence-corrected chi connectivity index (χ2v) is 17.1. The van der Waals surface area contributed by atoms with Crippen LogP contribution in [0, 0.1) is 11.7 Å². The summed E-state index contributed by atoms with van der Waals surface area (Å²) in [6, 6.07) is 8.39. The fourth-order valence-corrected chi connectivity index (χ4v) is 9.40. The lowest BCUT2D eigenvalue weighted by Gasteiger charge is -2.30. The van der Waals surface area contributed by atoms with Crippen LogP contribution in [0.25, 0.3) is 0 Å². The average molecular weight is 825 g/mol. The molecule has 3 fully saturated rings. The quantitative estimate of drug-likeness (QED) is 0.329. The number of benzene rings is 2. The number of hydrogen-bond acceptors (Lipinski definition) is 11. The summed E-state index contributed by atoms with van der Waals surface area (Å²) < 4.78 is 60.7. The van der Waals surface area contributed by atoms with Gasteiger partial charge in [0.25, 0.3) is 15.9 Å². The number of anilines is 1. The van der Waals surface area contributed by atoms with Gasteiger partial charge < -0.3 is 35.1 Å². The highest BCUT2D eigenvalue weighted by Gasteiger charge is 2.61. The third-order valence-corrected chi connectivity index (χ3v) is 12.9. The Kier molecular flexibility index (Phi) is 12.2. The molecular formula is C40H49FN6O10S. The van der Waals surface area contributed by atoms with Crippen molar-refractivity contribution in [2.24, 2.45) is 5.92 Å². The van der Waals surface area contributed by atoms with Crippen molar-refractivity contribution in [3.05, 3.63) is 72.1 Å². The van der Waals surface area contributed by atoms with Gasteiger partial charge in [-0.3, -0.25) is 19.3 Å². The van der Waals surface area contributed by atoms with E-state index in [9.17, 15) is 36.8 Å². The van der Waals surface area contributed by atoms with Gasteiger partial charge in [-0.15, -0.1) is 6.58 Å². The van der Waals surface area contributed by atoms with Crippen molar-refractivity contribution in [1.29, 1.82) is 0 Å². The van der Waals surface area contributed by atoms with Crippen molar-refractivity contribution in [2.75, 3.05) is 31.6 Å². The van der Waals surface area contributed by atoms with Crippen LogP contribution in [0.3, 0.4) is 0 Å². The molecule has 1 saturated carbocycles. The number of halogens is 1. The molecule has 2 aromatic carbocycles. The van der Waals surface area contributed by atoms with Crippen LogP contribution in [0.15, 0.2) is 60.0 Å². The van der Waals surface area contributed by atoms with Gasteiger partial charge in [0.1, 0.15) is 40.5 Å². The van der Waals surface area contributed by atoms with Crippen LogP contribution in [-0.2, 0) is 51.7 Å². The molecule has 1 spiro atoms. The molecule has 4 heterocycles. The number of ether oxygens (including phenoxy) is 3. The number of alkyl carbamates (subject to hydrolysis) is 1. The van der Waals surface area contributed by atoms with Crippen LogP contribution in [0.5, 0.6) is 0 Å². The largest absolute Gasteiger partial charge is 0.444 e. The van der Waals surface area contributed by atoms with Crippen molar-refractivity contribution in [2.45, 2.75) is 106 Å². The number of carbonyl (C=O) groups excluding carboxylic acids is 5. The van der Waals surface area contributed by atoms with E-state index < -0.39 is 81.5 Å². The molecule has 18 heteroatoms. The van der Waals surface area contributed by atoms with Gasteiger partial charge in [0.15, 0.2) is 0 Å². The first-order valence-electron chi connectivity index (χ1n) is 19.8. The van der Waals surface area contributed by atoms with Gasteiger partial charge in [-0.2, -0.15) is 0 Å². The molecule has 312 valence electrons. The predicted octanol–water partition coefficient (Wildman–Crippen LogP) is 3.46. The Morgan fingerprint density at radius 1 is 0.983 bits per heavy atom. The molecule has 0 radical (unpaired) electrons. The Morgan fingerprint density at radius 3 is 2.53 bits per heavy atom. The number of nitrogens with zero attached hydrogens (tertiary/aromatic N) is 2. The van der Waals surface area contributed by atoms with Crippen LogP contribution in [0.1, 0.15) is 68.9 Å². The van der Waals surface area contributed by atoms with E-state index in [1.54, 1.807) is 30.3 Å². The summed E-state index contributed by atoms with van der Waals surface area (Å²) in [6.07, 6.45) is 2.48. The number of sulfonamides is 1. The summed E-state index contributed by atoms with van der Waals surface area (Å²) in [4.78, 5) is 71.8. The minimum Gasteiger partial charge on any atom is -0.444 e. The van der Waals surface area contributed by atoms with E-state index >= 15 is 0 Å². The number of hydrogen-bond donors (Lipinski definition) is 4. The molecule has 1 aliphatic carbocycles. The zero-order chi connectivity index (χ0) is 41.0. The molecule has 5 aliphatic rings. The van der Waals surface area contributed by atoms with Gasteiger partial charge in [-0.1, -0.05) is 56.0 Å². The maximum absolute atomic E-state index is 14.5. The maximum atomic E-state index is 14.5. The maximum Gasteiger partial charge on any atom is 0.410 e. The normalized spacial score (nSPS) is 28.8. The number of nitrogens with one attached hydrogen (secondary N) is 4. The standard InChI is InChI=1S/C40H49FN6O10S/c1-2-26-20-40(26)37(50)45-58(53,54)34-15-8-7-13-31(34)42-17-9-5-3-4-6-14-32(43-38(51)56-27-16-18-55-24-27)36(49)47-22-28(19-33(47)35(48)44-40)57-39(52)46-21-25-11-10-12-30(41)29(25)23-46/h2,7-8,10-13,15,26-28,32-33,42H,1,3-6,9,14,16-24H2,(H,43,51)(H,44,48)(H,45,50)/t26-,27-,28-,32+,33+,40-/m1/s1. The highest BCUT2D eigenvalue weighted by atomic mass is 32.2. The van der Waals surface area contributed by atoms with Gasteiger partial charge >= 0.3 is 12.2 Å². The third kappa shape index (κ3) is 8.92. The van der Waals surface area contributed by atoms with E-state index in [4.69, 9.17) is 14.2 Å². The van der Waals surface area contributed by atoms with Gasteiger partial charge in [0, 0.05) is 37.4 Å². The monoisotopic (exact) mass is 824 g/mol. The molecule has 0 aromatic heterocycles. The summed E-state index contributed by atoms with van der Waals surface area (Å²) in [5, 5.41) is 8.59. The summed E-state index contributed by atoms with van der Waals surface area (Å²) in [6.45, 7) is 4.75. The Balaban J connectivity index is 1.16. The van der Waals surface area contributed by atoms with E-state index in [0.29, 0.717) is 55.6 Å². The van der Waals surface area contributed by atoms with Crippen LogP contribution in [-0.4, -0.2) is 104 Å². The van der Waals surface area contributed by atoms with E-state index in [0.717, 1.165) is 12.8 Å². The number of fused-ring (bicyclic) bond motifs is 3. The second kappa shape index (κ2) is 17.3. The van der Waals surface area contributed by atoms with Crippen molar-refractivity contribution in [1.82, 2.24) is 25.2 Å². The Hall–Kier alpha value is -5.23. The fraction of sp³-hybridized carbons (Fsp3) is 0.525. The van der Waals surface area contributed by atoms with E-state index in [-0.39, 0.29) is 50.4 Å². The molecular weight excluding hydrogens is 776 g/mol.